The Labute approximate surface area is 319 Å². The SMILES string of the molecule is CCCCCCCCCC[C@H]1CCCCCCOC1[C@H](COP(=O)(O)OC[C@]1(C)CC[C@H](c2ccc3c(N)ncnn23)O1)OCc1cc(F)cc(C#N)c1. The van der Waals surface area contributed by atoms with Crippen molar-refractivity contribution in [1.82, 2.24) is 14.6 Å². The Hall–Kier alpha value is -2.95. The van der Waals surface area contributed by atoms with Crippen molar-refractivity contribution in [3.8, 4) is 6.07 Å². The highest BCUT2D eigenvalue weighted by molar-refractivity contribution is 7.47. The Morgan fingerprint density at radius 1 is 1.09 bits per heavy atom. The lowest BCUT2D eigenvalue weighted by atomic mass is 9.87. The molecule has 2 aliphatic heterocycles. The first-order valence-electron chi connectivity index (χ1n) is 19.9. The van der Waals surface area contributed by atoms with E-state index in [0.717, 1.165) is 57.1 Å². The van der Waals surface area contributed by atoms with Crippen molar-refractivity contribution in [3.05, 3.63) is 59.3 Å². The minimum absolute atomic E-state index is 0.0281. The fourth-order valence-corrected chi connectivity index (χ4v) is 8.58. The van der Waals surface area contributed by atoms with Gasteiger partial charge in [0, 0.05) is 6.61 Å². The third-order valence-corrected chi connectivity index (χ3v) is 11.7. The van der Waals surface area contributed by atoms with Crippen LogP contribution >= 0.6 is 7.82 Å². The first-order valence-corrected chi connectivity index (χ1v) is 21.4. The van der Waals surface area contributed by atoms with Gasteiger partial charge in [-0.05, 0) is 80.8 Å². The summed E-state index contributed by atoms with van der Waals surface area (Å²) in [7, 11) is -4.59. The predicted octanol–water partition coefficient (Wildman–Crippen LogP) is 9.15. The molecule has 2 unspecified atom stereocenters. The lowest BCUT2D eigenvalue weighted by Crippen LogP contribution is -2.41. The third kappa shape index (κ3) is 12.5. The maximum absolute atomic E-state index is 14.4. The number of halogens is 1. The molecule has 12 nitrogen and oxygen atoms in total. The molecule has 0 bridgehead atoms. The van der Waals surface area contributed by atoms with Crippen molar-refractivity contribution >= 4 is 19.2 Å². The quantitative estimate of drug-likeness (QED) is 0.0832. The van der Waals surface area contributed by atoms with Gasteiger partial charge >= 0.3 is 7.82 Å². The average molecular weight is 772 g/mol. The van der Waals surface area contributed by atoms with Crippen LogP contribution in [0.1, 0.15) is 140 Å². The van der Waals surface area contributed by atoms with Crippen molar-refractivity contribution in [2.45, 2.75) is 147 Å². The van der Waals surface area contributed by atoms with E-state index < -0.39 is 31.4 Å². The van der Waals surface area contributed by atoms with E-state index in [-0.39, 0.29) is 37.4 Å². The van der Waals surface area contributed by atoms with E-state index in [4.69, 9.17) is 29.0 Å². The van der Waals surface area contributed by atoms with Crippen molar-refractivity contribution in [1.29, 1.82) is 5.26 Å². The van der Waals surface area contributed by atoms with Gasteiger partial charge in [-0.3, -0.25) is 9.05 Å². The molecule has 2 aromatic heterocycles. The number of benzene rings is 1. The molecule has 3 N–H and O–H groups in total. The number of hydrogen-bond donors (Lipinski definition) is 2. The Kier molecular flexibility index (Phi) is 16.3. The number of fused-ring (bicyclic) bond motifs is 1. The number of aromatic nitrogens is 3. The van der Waals surface area contributed by atoms with Crippen LogP contribution in [0.5, 0.6) is 0 Å². The number of nitrogens with zero attached hydrogens (tertiary/aromatic N) is 4. The number of nitrogen functional groups attached to an aromatic ring is 1. The van der Waals surface area contributed by atoms with Gasteiger partial charge in [0.25, 0.3) is 0 Å². The molecule has 2 saturated heterocycles. The Morgan fingerprint density at radius 2 is 1.87 bits per heavy atom. The van der Waals surface area contributed by atoms with Crippen LogP contribution in [0.25, 0.3) is 5.52 Å². The molecule has 298 valence electrons. The van der Waals surface area contributed by atoms with Crippen molar-refractivity contribution in [3.63, 3.8) is 0 Å². The number of unbranched alkanes of at least 4 members (excludes halogenated alkanes) is 7. The molecule has 6 atom stereocenters. The van der Waals surface area contributed by atoms with Crippen LogP contribution < -0.4 is 5.73 Å². The van der Waals surface area contributed by atoms with Gasteiger partial charge in [0.15, 0.2) is 5.82 Å². The summed E-state index contributed by atoms with van der Waals surface area (Å²) in [6.45, 7) is 4.13. The smallest absolute Gasteiger partial charge is 0.382 e. The zero-order valence-corrected chi connectivity index (χ0v) is 32.9. The summed E-state index contributed by atoms with van der Waals surface area (Å²) in [6.07, 6.45) is 16.9. The van der Waals surface area contributed by atoms with Crippen LogP contribution in [0.15, 0.2) is 36.7 Å². The lowest BCUT2D eigenvalue weighted by molar-refractivity contribution is -0.122. The number of nitrogens with two attached hydrogens (primary N) is 1. The van der Waals surface area contributed by atoms with E-state index in [1.165, 1.54) is 57.0 Å². The average Bonchev–Trinajstić information content (AvgIpc) is 3.79. The molecule has 3 aromatic rings. The predicted molar refractivity (Wildman–Crippen MR) is 204 cm³/mol. The zero-order chi connectivity index (χ0) is 38.4. The molecular weight excluding hydrogens is 712 g/mol. The number of ether oxygens (including phenoxy) is 3. The molecule has 54 heavy (non-hydrogen) atoms. The summed E-state index contributed by atoms with van der Waals surface area (Å²) < 4.78 is 60.1. The molecule has 4 heterocycles. The number of anilines is 1. The van der Waals surface area contributed by atoms with Crippen LogP contribution in [0.4, 0.5) is 10.2 Å². The fourth-order valence-electron chi connectivity index (χ4n) is 7.73. The van der Waals surface area contributed by atoms with Gasteiger partial charge in [0.2, 0.25) is 0 Å². The number of phosphoric acid groups is 1. The highest BCUT2D eigenvalue weighted by Crippen LogP contribution is 2.48. The molecule has 2 fully saturated rings. The topological polar surface area (TPSA) is 163 Å². The maximum atomic E-state index is 14.4. The number of hydrogen-bond acceptors (Lipinski definition) is 10. The van der Waals surface area contributed by atoms with Crippen LogP contribution in [-0.2, 0) is 34.4 Å². The molecule has 14 heteroatoms. The second-order valence-electron chi connectivity index (χ2n) is 15.2. The Morgan fingerprint density at radius 3 is 2.67 bits per heavy atom. The van der Waals surface area contributed by atoms with Crippen molar-refractivity contribution in [2.24, 2.45) is 5.92 Å². The number of nitriles is 1. The van der Waals surface area contributed by atoms with Crippen LogP contribution in [0, 0.1) is 23.1 Å². The van der Waals surface area contributed by atoms with Gasteiger partial charge in [-0.25, -0.2) is 18.5 Å². The molecule has 5 rings (SSSR count). The van der Waals surface area contributed by atoms with Crippen molar-refractivity contribution in [2.75, 3.05) is 25.6 Å². The minimum Gasteiger partial charge on any atom is -0.382 e. The summed E-state index contributed by atoms with van der Waals surface area (Å²) in [5.41, 5.74) is 7.31. The maximum Gasteiger partial charge on any atom is 0.472 e. The molecule has 0 saturated carbocycles. The van der Waals surface area contributed by atoms with E-state index in [1.54, 1.807) is 10.6 Å². The van der Waals surface area contributed by atoms with Crippen LogP contribution in [-0.4, -0.2) is 57.1 Å². The largest absolute Gasteiger partial charge is 0.472 e. The third-order valence-electron chi connectivity index (χ3n) is 10.7. The molecule has 1 aromatic carbocycles. The van der Waals surface area contributed by atoms with Crippen LogP contribution in [0.2, 0.25) is 0 Å². The standard InChI is InChI=1S/C40H59FN5O7P/c1-3-4-5-6-7-8-9-12-15-32-16-13-10-11-14-21-49-38(32)37(50-26-31-22-30(25-42)23-33(41)24-31)27-51-54(47,48)52-28-40(2)20-19-36(53-40)34-17-18-35-39(43)44-29-45-46(34)35/h17-18,22-24,29,32,36-38H,3-16,19-21,26-28H2,1-2H3,(H,47,48)(H2,43,44,45)/t32-,36+,37-,38?,40-/m0/s1. The first-order chi connectivity index (χ1) is 26.1. The van der Waals surface area contributed by atoms with Gasteiger partial charge < -0.3 is 24.8 Å². The first kappa shape index (κ1) is 42.2. The molecule has 0 amide bonds. The fraction of sp³-hybridized carbons (Fsp3) is 0.675. The van der Waals surface area contributed by atoms with Crippen molar-refractivity contribution < 1.29 is 37.1 Å². The normalized spacial score (nSPS) is 24.0. The van der Waals surface area contributed by atoms with E-state index in [0.29, 0.717) is 36.3 Å². The van der Waals surface area contributed by atoms with Gasteiger partial charge in [-0.1, -0.05) is 77.6 Å². The second kappa shape index (κ2) is 20.8. The number of phosphoric ester groups is 1. The van der Waals surface area contributed by atoms with E-state index in [2.05, 4.69) is 17.0 Å². The van der Waals surface area contributed by atoms with Gasteiger partial charge in [0.1, 0.15) is 29.9 Å². The van der Waals surface area contributed by atoms with E-state index in [9.17, 15) is 19.1 Å². The summed E-state index contributed by atoms with van der Waals surface area (Å²) in [4.78, 5) is 15.0. The highest BCUT2D eigenvalue weighted by Gasteiger charge is 2.41. The van der Waals surface area contributed by atoms with Crippen LogP contribution in [0.3, 0.4) is 0 Å². The minimum atomic E-state index is -4.59. The number of rotatable bonds is 20. The zero-order valence-electron chi connectivity index (χ0n) is 32.0. The Bertz CT molecular complexity index is 1700. The molecule has 2 aliphatic rings. The van der Waals surface area contributed by atoms with Gasteiger partial charge in [-0.2, -0.15) is 10.4 Å². The lowest BCUT2D eigenvalue weighted by Gasteiger charge is -2.34. The summed E-state index contributed by atoms with van der Waals surface area (Å²) >= 11 is 0. The monoisotopic (exact) mass is 771 g/mol. The highest BCUT2D eigenvalue weighted by atomic mass is 31.2. The van der Waals surface area contributed by atoms with E-state index >= 15 is 0 Å². The Balaban J connectivity index is 1.24. The van der Waals surface area contributed by atoms with Gasteiger partial charge in [-0.15, -0.1) is 0 Å². The summed E-state index contributed by atoms with van der Waals surface area (Å²) in [5.74, 6) is -0.0254. The second-order valence-corrected chi connectivity index (χ2v) is 16.7. The summed E-state index contributed by atoms with van der Waals surface area (Å²) in [6, 6.07) is 9.80. The molecule has 0 aliphatic carbocycles. The van der Waals surface area contributed by atoms with E-state index in [1.807, 2.05) is 25.1 Å². The summed E-state index contributed by atoms with van der Waals surface area (Å²) in [5, 5.41) is 13.7. The molecule has 0 spiro atoms. The molecular formula is C40H59FN5O7P. The van der Waals surface area contributed by atoms with Gasteiger partial charge in [0.05, 0.1) is 48.9 Å². The molecule has 0 radical (unpaired) electrons.